The first kappa shape index (κ1) is 16.6. The largest absolute Gasteiger partial charge is 0.274 e. The summed E-state index contributed by atoms with van der Waals surface area (Å²) in [7, 11) is -3.92. The molecular weight excluding hydrogens is 352 g/mol. The highest BCUT2D eigenvalue weighted by molar-refractivity contribution is 7.89. The highest BCUT2D eigenvalue weighted by atomic mass is 35.5. The summed E-state index contributed by atoms with van der Waals surface area (Å²) >= 11 is 6.07. The van der Waals surface area contributed by atoms with Crippen LogP contribution in [-0.4, -0.2) is 20.2 Å². The standard InChI is InChI=1S/C16H13ClN2O4S/c17-13-8-11(24(18,22)23)6-7-14(13)19-15(20)9-12(16(19)21)10-4-2-1-3-5-10/h1-8,12H,9H2,(H2,18,22,23)/t12-/m0/s1. The third kappa shape index (κ3) is 2.93. The molecule has 1 fully saturated rings. The van der Waals surface area contributed by atoms with Crippen LogP contribution >= 0.6 is 11.6 Å². The van der Waals surface area contributed by atoms with E-state index in [2.05, 4.69) is 0 Å². The molecule has 0 saturated carbocycles. The molecule has 3 rings (SSSR count). The summed E-state index contributed by atoms with van der Waals surface area (Å²) in [6.07, 6.45) is 0.0378. The van der Waals surface area contributed by atoms with Crippen LogP contribution in [0.2, 0.25) is 5.02 Å². The molecule has 8 heteroatoms. The lowest BCUT2D eigenvalue weighted by Gasteiger charge is -2.17. The van der Waals surface area contributed by atoms with E-state index in [4.69, 9.17) is 16.7 Å². The van der Waals surface area contributed by atoms with Gasteiger partial charge in [-0.25, -0.2) is 18.5 Å². The Bertz CT molecular complexity index is 928. The van der Waals surface area contributed by atoms with Crippen LogP contribution < -0.4 is 10.0 Å². The summed E-state index contributed by atoms with van der Waals surface area (Å²) in [5.41, 5.74) is 0.896. The van der Waals surface area contributed by atoms with Gasteiger partial charge in [-0.15, -0.1) is 0 Å². The van der Waals surface area contributed by atoms with E-state index in [1.54, 1.807) is 24.3 Å². The van der Waals surface area contributed by atoms with Crippen molar-refractivity contribution in [3.8, 4) is 0 Å². The second kappa shape index (κ2) is 6.01. The van der Waals surface area contributed by atoms with E-state index >= 15 is 0 Å². The van der Waals surface area contributed by atoms with Gasteiger partial charge in [-0.05, 0) is 23.8 Å². The summed E-state index contributed by atoms with van der Waals surface area (Å²) in [6.45, 7) is 0. The molecule has 24 heavy (non-hydrogen) atoms. The highest BCUT2D eigenvalue weighted by Crippen LogP contribution is 2.37. The maximum absolute atomic E-state index is 12.7. The SMILES string of the molecule is NS(=O)(=O)c1ccc(N2C(=O)C[C@@H](c3ccccc3)C2=O)c(Cl)c1. The van der Waals surface area contributed by atoms with E-state index in [9.17, 15) is 18.0 Å². The molecule has 2 amide bonds. The number of rotatable bonds is 3. The number of amides is 2. The molecule has 0 radical (unpaired) electrons. The fourth-order valence-electron chi connectivity index (χ4n) is 2.68. The number of imide groups is 1. The van der Waals surface area contributed by atoms with E-state index in [1.165, 1.54) is 12.1 Å². The topological polar surface area (TPSA) is 97.5 Å². The van der Waals surface area contributed by atoms with Gasteiger partial charge < -0.3 is 0 Å². The van der Waals surface area contributed by atoms with Gasteiger partial charge in [-0.1, -0.05) is 41.9 Å². The fourth-order valence-corrected chi connectivity index (χ4v) is 3.55. The average molecular weight is 365 g/mol. The number of nitrogens with zero attached hydrogens (tertiary/aromatic N) is 1. The normalized spacial score (nSPS) is 18.2. The van der Waals surface area contributed by atoms with Crippen LogP contribution in [0, 0.1) is 0 Å². The molecule has 124 valence electrons. The van der Waals surface area contributed by atoms with E-state index < -0.39 is 21.8 Å². The van der Waals surface area contributed by atoms with Gasteiger partial charge >= 0.3 is 0 Å². The minimum Gasteiger partial charge on any atom is -0.274 e. The van der Waals surface area contributed by atoms with Gasteiger partial charge in [-0.2, -0.15) is 0 Å². The molecule has 1 saturated heterocycles. The van der Waals surface area contributed by atoms with Crippen LogP contribution in [0.1, 0.15) is 17.9 Å². The number of hydrogen-bond donors (Lipinski definition) is 1. The van der Waals surface area contributed by atoms with Gasteiger partial charge in [0, 0.05) is 6.42 Å². The van der Waals surface area contributed by atoms with Gasteiger partial charge in [0.1, 0.15) is 0 Å². The van der Waals surface area contributed by atoms with Crippen LogP contribution in [0.25, 0.3) is 0 Å². The van der Waals surface area contributed by atoms with Gasteiger partial charge in [0.05, 0.1) is 21.5 Å². The molecular formula is C16H13ClN2O4S. The Balaban J connectivity index is 1.98. The Hall–Kier alpha value is -2.22. The summed E-state index contributed by atoms with van der Waals surface area (Å²) < 4.78 is 22.7. The number of nitrogens with two attached hydrogens (primary N) is 1. The third-order valence-electron chi connectivity index (χ3n) is 3.84. The number of carbonyl (C=O) groups excluding carboxylic acids is 2. The molecule has 0 aromatic heterocycles. The Morgan fingerprint density at radius 3 is 2.33 bits per heavy atom. The van der Waals surface area contributed by atoms with Crippen molar-refractivity contribution in [2.75, 3.05) is 4.90 Å². The molecule has 0 bridgehead atoms. The maximum atomic E-state index is 12.7. The van der Waals surface area contributed by atoms with Gasteiger partial charge in [-0.3, -0.25) is 9.59 Å². The summed E-state index contributed by atoms with van der Waals surface area (Å²) in [5.74, 6) is -1.36. The fraction of sp³-hybridized carbons (Fsp3) is 0.125. The van der Waals surface area contributed by atoms with E-state index in [-0.39, 0.29) is 27.9 Å². The molecule has 0 spiro atoms. The molecule has 0 aliphatic carbocycles. The van der Waals surface area contributed by atoms with Gasteiger partial charge in [0.25, 0.3) is 0 Å². The van der Waals surface area contributed by atoms with Crippen molar-refractivity contribution in [1.82, 2.24) is 0 Å². The molecule has 1 aliphatic rings. The molecule has 1 atom stereocenters. The first-order valence-electron chi connectivity index (χ1n) is 7.03. The van der Waals surface area contributed by atoms with Crippen molar-refractivity contribution in [3.63, 3.8) is 0 Å². The first-order valence-corrected chi connectivity index (χ1v) is 8.95. The van der Waals surface area contributed by atoms with Crippen molar-refractivity contribution >= 4 is 39.1 Å². The average Bonchev–Trinajstić information content (AvgIpc) is 2.82. The molecule has 1 heterocycles. The van der Waals surface area contributed by atoms with E-state index in [0.29, 0.717) is 0 Å². The summed E-state index contributed by atoms with van der Waals surface area (Å²) in [5, 5.41) is 5.02. The summed E-state index contributed by atoms with van der Waals surface area (Å²) in [6, 6.07) is 12.6. The smallest absolute Gasteiger partial charge is 0.241 e. The molecule has 2 aromatic carbocycles. The quantitative estimate of drug-likeness (QED) is 0.842. The van der Waals surface area contributed by atoms with Gasteiger partial charge in [0.15, 0.2) is 0 Å². The zero-order chi connectivity index (χ0) is 17.5. The van der Waals surface area contributed by atoms with E-state index in [1.807, 2.05) is 6.07 Å². The highest BCUT2D eigenvalue weighted by Gasteiger charge is 2.41. The lowest BCUT2D eigenvalue weighted by Crippen LogP contribution is -2.30. The van der Waals surface area contributed by atoms with Crippen LogP contribution in [0.3, 0.4) is 0 Å². The van der Waals surface area contributed by atoms with E-state index in [0.717, 1.165) is 16.5 Å². The number of hydrogen-bond acceptors (Lipinski definition) is 4. The van der Waals surface area contributed by atoms with Gasteiger partial charge in [0.2, 0.25) is 21.8 Å². The third-order valence-corrected chi connectivity index (χ3v) is 5.05. The van der Waals surface area contributed by atoms with Crippen molar-refractivity contribution in [2.24, 2.45) is 5.14 Å². The molecule has 2 N–H and O–H groups in total. The molecule has 2 aromatic rings. The monoisotopic (exact) mass is 364 g/mol. The number of benzene rings is 2. The minimum atomic E-state index is -3.92. The van der Waals surface area contributed by atoms with Crippen LogP contribution in [0.4, 0.5) is 5.69 Å². The number of halogens is 1. The number of anilines is 1. The molecule has 6 nitrogen and oxygen atoms in total. The number of sulfonamides is 1. The zero-order valence-electron chi connectivity index (χ0n) is 12.3. The first-order chi connectivity index (χ1) is 11.3. The Kier molecular flexibility index (Phi) is 4.16. The minimum absolute atomic E-state index is 0.0306. The lowest BCUT2D eigenvalue weighted by atomic mass is 9.98. The van der Waals surface area contributed by atoms with Crippen molar-refractivity contribution in [3.05, 3.63) is 59.1 Å². The van der Waals surface area contributed by atoms with Crippen LogP contribution in [0.15, 0.2) is 53.4 Å². The number of carbonyl (C=O) groups is 2. The second-order valence-electron chi connectivity index (χ2n) is 5.39. The van der Waals surface area contributed by atoms with Crippen molar-refractivity contribution < 1.29 is 18.0 Å². The zero-order valence-corrected chi connectivity index (χ0v) is 13.9. The Labute approximate surface area is 143 Å². The molecule has 1 aliphatic heterocycles. The summed E-state index contributed by atoms with van der Waals surface area (Å²) in [4.78, 5) is 25.8. The van der Waals surface area contributed by atoms with Crippen LogP contribution in [0.5, 0.6) is 0 Å². The van der Waals surface area contributed by atoms with Crippen LogP contribution in [-0.2, 0) is 19.6 Å². The Morgan fingerprint density at radius 1 is 1.08 bits per heavy atom. The maximum Gasteiger partial charge on any atom is 0.241 e. The van der Waals surface area contributed by atoms with Crippen molar-refractivity contribution in [1.29, 1.82) is 0 Å². The molecule has 0 unspecified atom stereocenters. The predicted molar refractivity (Wildman–Crippen MR) is 89.1 cm³/mol. The number of primary sulfonamides is 1. The second-order valence-corrected chi connectivity index (χ2v) is 7.36. The predicted octanol–water partition coefficient (Wildman–Crippen LogP) is 2.03. The lowest BCUT2D eigenvalue weighted by molar-refractivity contribution is -0.121. The van der Waals surface area contributed by atoms with Crippen molar-refractivity contribution in [2.45, 2.75) is 17.2 Å². The Morgan fingerprint density at radius 2 is 1.75 bits per heavy atom.